The van der Waals surface area contributed by atoms with Crippen LogP contribution in [0.15, 0.2) is 0 Å². The topological polar surface area (TPSA) is 26.8 Å². The molecular formula is C16H33N3O. The van der Waals surface area contributed by atoms with E-state index >= 15 is 0 Å². The average molecular weight is 283 g/mol. The largest absolute Gasteiger partial charge is 0.341 e. The van der Waals surface area contributed by atoms with Gasteiger partial charge in [0, 0.05) is 39.3 Å². The monoisotopic (exact) mass is 283 g/mol. The second kappa shape index (κ2) is 8.63. The molecule has 1 heterocycles. The molecule has 0 aromatic heterocycles. The Morgan fingerprint density at radius 3 is 1.80 bits per heavy atom. The van der Waals surface area contributed by atoms with Crippen molar-refractivity contribution in [3.8, 4) is 0 Å². The summed E-state index contributed by atoms with van der Waals surface area (Å²) in [5, 5.41) is 0. The highest BCUT2D eigenvalue weighted by atomic mass is 16.2. The minimum Gasteiger partial charge on any atom is -0.341 e. The molecule has 0 bridgehead atoms. The molecule has 0 N–H and O–H groups in total. The summed E-state index contributed by atoms with van der Waals surface area (Å²) in [6.45, 7) is 18.6. The van der Waals surface area contributed by atoms with Gasteiger partial charge in [-0.1, -0.05) is 34.6 Å². The van der Waals surface area contributed by atoms with Crippen molar-refractivity contribution in [2.24, 2.45) is 11.8 Å². The molecular weight excluding hydrogens is 250 g/mol. The van der Waals surface area contributed by atoms with Crippen molar-refractivity contribution in [1.29, 1.82) is 0 Å². The second-order valence-electron chi connectivity index (χ2n) is 6.80. The third-order valence-electron chi connectivity index (χ3n) is 3.79. The van der Waals surface area contributed by atoms with Crippen LogP contribution in [0.1, 0.15) is 34.6 Å². The Balaban J connectivity index is 2.45. The first-order valence-electron chi connectivity index (χ1n) is 8.14. The maximum absolute atomic E-state index is 12.5. The first kappa shape index (κ1) is 17.4. The number of rotatable bonds is 7. The Labute approximate surface area is 125 Å². The van der Waals surface area contributed by atoms with E-state index in [1.807, 2.05) is 0 Å². The standard InChI is InChI=1S/C16H33N3O/c1-6-17-7-9-18(10-8-17)13-16(20)19(11-14(2)3)12-15(4)5/h14-15H,6-13H2,1-5H3. The normalized spacial score (nSPS) is 17.9. The first-order chi connectivity index (χ1) is 9.42. The van der Waals surface area contributed by atoms with Crippen LogP contribution in [0.2, 0.25) is 0 Å². The van der Waals surface area contributed by atoms with Gasteiger partial charge >= 0.3 is 0 Å². The van der Waals surface area contributed by atoms with Gasteiger partial charge in [0.2, 0.25) is 5.91 Å². The lowest BCUT2D eigenvalue weighted by Gasteiger charge is -2.35. The van der Waals surface area contributed by atoms with Gasteiger partial charge in [-0.3, -0.25) is 9.69 Å². The van der Waals surface area contributed by atoms with Crippen LogP contribution in [0.25, 0.3) is 0 Å². The van der Waals surface area contributed by atoms with Crippen LogP contribution in [0, 0.1) is 11.8 Å². The number of hydrogen-bond donors (Lipinski definition) is 0. The van der Waals surface area contributed by atoms with E-state index in [0.717, 1.165) is 45.8 Å². The summed E-state index contributed by atoms with van der Waals surface area (Å²) in [4.78, 5) is 19.3. The van der Waals surface area contributed by atoms with Gasteiger partial charge < -0.3 is 9.80 Å². The molecule has 1 aliphatic heterocycles. The van der Waals surface area contributed by atoms with E-state index in [9.17, 15) is 4.79 Å². The van der Waals surface area contributed by atoms with Gasteiger partial charge in [-0.05, 0) is 18.4 Å². The summed E-state index contributed by atoms with van der Waals surface area (Å²) in [6, 6.07) is 0. The fourth-order valence-corrected chi connectivity index (χ4v) is 2.71. The van der Waals surface area contributed by atoms with Crippen molar-refractivity contribution in [3.05, 3.63) is 0 Å². The summed E-state index contributed by atoms with van der Waals surface area (Å²) in [6.07, 6.45) is 0. The van der Waals surface area contributed by atoms with Crippen molar-refractivity contribution in [2.75, 3.05) is 52.4 Å². The van der Waals surface area contributed by atoms with Gasteiger partial charge in [0.1, 0.15) is 0 Å². The zero-order valence-corrected chi connectivity index (χ0v) is 14.1. The minimum atomic E-state index is 0.303. The molecule has 0 radical (unpaired) electrons. The quantitative estimate of drug-likeness (QED) is 0.712. The molecule has 0 aromatic carbocycles. The second-order valence-corrected chi connectivity index (χ2v) is 6.80. The highest BCUT2D eigenvalue weighted by Crippen LogP contribution is 2.07. The fourth-order valence-electron chi connectivity index (χ4n) is 2.71. The molecule has 0 aromatic rings. The van der Waals surface area contributed by atoms with Crippen LogP contribution < -0.4 is 0 Å². The third-order valence-corrected chi connectivity index (χ3v) is 3.79. The summed E-state index contributed by atoms with van der Waals surface area (Å²) in [7, 11) is 0. The van der Waals surface area contributed by atoms with E-state index in [-0.39, 0.29) is 0 Å². The Kier molecular flexibility index (Phi) is 7.52. The number of amides is 1. The molecule has 0 unspecified atom stereocenters. The molecule has 118 valence electrons. The summed E-state index contributed by atoms with van der Waals surface area (Å²) in [5.41, 5.74) is 0. The Hall–Kier alpha value is -0.610. The molecule has 1 rings (SSSR count). The van der Waals surface area contributed by atoms with Crippen molar-refractivity contribution in [2.45, 2.75) is 34.6 Å². The smallest absolute Gasteiger partial charge is 0.236 e. The molecule has 0 saturated carbocycles. The molecule has 1 aliphatic rings. The third kappa shape index (κ3) is 6.23. The lowest BCUT2D eigenvalue weighted by molar-refractivity contribution is -0.134. The molecule has 20 heavy (non-hydrogen) atoms. The Morgan fingerprint density at radius 2 is 1.40 bits per heavy atom. The minimum absolute atomic E-state index is 0.303. The van der Waals surface area contributed by atoms with Gasteiger partial charge in [0.15, 0.2) is 0 Å². The van der Waals surface area contributed by atoms with E-state index < -0.39 is 0 Å². The SMILES string of the molecule is CCN1CCN(CC(=O)N(CC(C)C)CC(C)C)CC1. The summed E-state index contributed by atoms with van der Waals surface area (Å²) in [5.74, 6) is 1.38. The highest BCUT2D eigenvalue weighted by molar-refractivity contribution is 5.78. The van der Waals surface area contributed by atoms with E-state index in [4.69, 9.17) is 0 Å². The Morgan fingerprint density at radius 1 is 0.950 bits per heavy atom. The number of hydrogen-bond acceptors (Lipinski definition) is 3. The van der Waals surface area contributed by atoms with Crippen LogP contribution in [-0.2, 0) is 4.79 Å². The fraction of sp³-hybridized carbons (Fsp3) is 0.938. The number of nitrogens with zero attached hydrogens (tertiary/aromatic N) is 3. The number of carbonyl (C=O) groups is 1. The van der Waals surface area contributed by atoms with E-state index in [1.54, 1.807) is 0 Å². The van der Waals surface area contributed by atoms with Gasteiger partial charge in [0.05, 0.1) is 6.54 Å². The molecule has 4 heteroatoms. The van der Waals surface area contributed by atoms with Crippen LogP contribution in [0.5, 0.6) is 0 Å². The number of likely N-dealkylation sites (N-methyl/N-ethyl adjacent to an activating group) is 1. The lowest BCUT2D eigenvalue weighted by Crippen LogP contribution is -2.50. The number of carbonyl (C=O) groups excluding carboxylic acids is 1. The van der Waals surface area contributed by atoms with Crippen molar-refractivity contribution >= 4 is 5.91 Å². The van der Waals surface area contributed by atoms with Crippen LogP contribution in [0.4, 0.5) is 0 Å². The van der Waals surface area contributed by atoms with Gasteiger partial charge in [-0.25, -0.2) is 0 Å². The zero-order chi connectivity index (χ0) is 15.1. The first-order valence-corrected chi connectivity index (χ1v) is 8.14. The van der Waals surface area contributed by atoms with Gasteiger partial charge in [-0.15, -0.1) is 0 Å². The van der Waals surface area contributed by atoms with Crippen LogP contribution >= 0.6 is 0 Å². The van der Waals surface area contributed by atoms with E-state index in [2.05, 4.69) is 49.3 Å². The molecule has 0 atom stereocenters. The maximum Gasteiger partial charge on any atom is 0.236 e. The van der Waals surface area contributed by atoms with Crippen molar-refractivity contribution in [3.63, 3.8) is 0 Å². The molecule has 1 fully saturated rings. The van der Waals surface area contributed by atoms with Crippen molar-refractivity contribution < 1.29 is 4.79 Å². The predicted molar refractivity (Wildman–Crippen MR) is 84.8 cm³/mol. The van der Waals surface area contributed by atoms with Gasteiger partial charge in [-0.2, -0.15) is 0 Å². The Bertz CT molecular complexity index is 273. The summed E-state index contributed by atoms with van der Waals surface area (Å²) >= 11 is 0. The highest BCUT2D eigenvalue weighted by Gasteiger charge is 2.22. The molecule has 4 nitrogen and oxygen atoms in total. The lowest BCUT2D eigenvalue weighted by atomic mass is 10.1. The molecule has 0 spiro atoms. The predicted octanol–water partition coefficient (Wildman–Crippen LogP) is 1.76. The maximum atomic E-state index is 12.5. The zero-order valence-electron chi connectivity index (χ0n) is 14.1. The van der Waals surface area contributed by atoms with Gasteiger partial charge in [0.25, 0.3) is 0 Å². The summed E-state index contributed by atoms with van der Waals surface area (Å²) < 4.78 is 0. The van der Waals surface area contributed by atoms with E-state index in [1.165, 1.54) is 0 Å². The molecule has 0 aliphatic carbocycles. The molecule has 1 amide bonds. The number of piperazine rings is 1. The molecule has 1 saturated heterocycles. The van der Waals surface area contributed by atoms with Crippen LogP contribution in [-0.4, -0.2) is 73.0 Å². The van der Waals surface area contributed by atoms with Crippen molar-refractivity contribution in [1.82, 2.24) is 14.7 Å². The van der Waals surface area contributed by atoms with Crippen LogP contribution in [0.3, 0.4) is 0 Å². The average Bonchev–Trinajstić information content (AvgIpc) is 2.37. The van der Waals surface area contributed by atoms with E-state index in [0.29, 0.717) is 24.3 Å².